The molecule has 1 aromatic carbocycles. The number of hydrogen-bond acceptors (Lipinski definition) is 4. The lowest BCUT2D eigenvalue weighted by Gasteiger charge is -2.23. The van der Waals surface area contributed by atoms with Gasteiger partial charge < -0.3 is 10.2 Å². The Morgan fingerprint density at radius 1 is 1.06 bits per heavy atom. The Kier molecular flexibility index (Phi) is 6.78. The second-order valence-electron chi connectivity index (χ2n) is 9.50. The van der Waals surface area contributed by atoms with Gasteiger partial charge in [0.25, 0.3) is 0 Å². The van der Waals surface area contributed by atoms with Crippen molar-refractivity contribution in [1.82, 2.24) is 14.8 Å². The van der Waals surface area contributed by atoms with Crippen molar-refractivity contribution < 1.29 is 18.0 Å². The molecule has 1 heterocycles. The summed E-state index contributed by atoms with van der Waals surface area (Å²) in [6.45, 7) is 16.2. The molecule has 1 N–H and O–H groups in total. The van der Waals surface area contributed by atoms with Crippen molar-refractivity contribution in [2.75, 3.05) is 23.3 Å². The Bertz CT molecular complexity index is 932. The first-order valence-corrected chi connectivity index (χ1v) is 10.3. The number of anilines is 2. The van der Waals surface area contributed by atoms with Gasteiger partial charge in [-0.3, -0.25) is 4.79 Å². The third-order valence-corrected chi connectivity index (χ3v) is 4.79. The number of alkyl halides is 3. The zero-order valence-electron chi connectivity index (χ0n) is 19.5. The van der Waals surface area contributed by atoms with Crippen molar-refractivity contribution in [3.63, 3.8) is 0 Å². The van der Waals surface area contributed by atoms with Crippen molar-refractivity contribution in [3.05, 3.63) is 29.6 Å². The summed E-state index contributed by atoms with van der Waals surface area (Å²) < 4.78 is 41.7. The molecule has 0 aliphatic heterocycles. The molecule has 0 atom stereocenters. The maximum Gasteiger partial charge on any atom is 0.416 e. The van der Waals surface area contributed by atoms with E-state index in [0.717, 1.165) is 12.1 Å². The zero-order valence-corrected chi connectivity index (χ0v) is 19.5. The van der Waals surface area contributed by atoms with Crippen molar-refractivity contribution in [1.29, 1.82) is 0 Å². The summed E-state index contributed by atoms with van der Waals surface area (Å²) in [6.07, 6.45) is -4.54. The van der Waals surface area contributed by atoms with E-state index < -0.39 is 23.1 Å². The van der Waals surface area contributed by atoms with Gasteiger partial charge in [-0.2, -0.15) is 22.8 Å². The molecule has 0 unspecified atom stereocenters. The van der Waals surface area contributed by atoms with Crippen LogP contribution >= 0.6 is 0 Å². The largest absolute Gasteiger partial charge is 0.416 e. The summed E-state index contributed by atoms with van der Waals surface area (Å²) in [5, 5.41) is 7.29. The van der Waals surface area contributed by atoms with Crippen LogP contribution in [0.3, 0.4) is 0 Å². The molecule has 1 aromatic heterocycles. The van der Waals surface area contributed by atoms with E-state index in [1.165, 1.54) is 10.7 Å². The number of hydrogen-bond donors (Lipinski definition) is 1. The summed E-state index contributed by atoms with van der Waals surface area (Å²) >= 11 is 0. The average molecular weight is 440 g/mol. The smallest absolute Gasteiger partial charge is 0.341 e. The third-order valence-electron chi connectivity index (χ3n) is 4.79. The summed E-state index contributed by atoms with van der Waals surface area (Å²) in [6, 6.07) is 3.27. The van der Waals surface area contributed by atoms with Gasteiger partial charge in [0.15, 0.2) is 5.82 Å². The molecule has 31 heavy (non-hydrogen) atoms. The number of rotatable bonds is 5. The van der Waals surface area contributed by atoms with E-state index in [0.29, 0.717) is 30.5 Å². The van der Waals surface area contributed by atoms with Crippen LogP contribution in [0.25, 0.3) is 5.69 Å². The third kappa shape index (κ3) is 5.57. The van der Waals surface area contributed by atoms with E-state index >= 15 is 0 Å². The van der Waals surface area contributed by atoms with Gasteiger partial charge in [0.1, 0.15) is 0 Å². The number of amides is 1. The molecule has 2 rings (SSSR count). The molecule has 0 saturated heterocycles. The fourth-order valence-corrected chi connectivity index (χ4v) is 2.80. The van der Waals surface area contributed by atoms with Crippen LogP contribution in [0, 0.1) is 5.41 Å². The lowest BCUT2D eigenvalue weighted by molar-refractivity contribution is -0.137. The molecule has 9 heteroatoms. The summed E-state index contributed by atoms with van der Waals surface area (Å²) in [4.78, 5) is 19.3. The average Bonchev–Trinajstić information content (AvgIpc) is 3.06. The summed E-state index contributed by atoms with van der Waals surface area (Å²) in [7, 11) is 0. The molecule has 0 bridgehead atoms. The van der Waals surface area contributed by atoms with Crippen LogP contribution < -0.4 is 10.2 Å². The topological polar surface area (TPSA) is 63.1 Å². The van der Waals surface area contributed by atoms with Crippen molar-refractivity contribution in [3.8, 4) is 5.69 Å². The van der Waals surface area contributed by atoms with E-state index in [4.69, 9.17) is 0 Å². The molecule has 0 radical (unpaired) electrons. The highest BCUT2D eigenvalue weighted by molar-refractivity contribution is 5.96. The van der Waals surface area contributed by atoms with Gasteiger partial charge in [0, 0.05) is 23.9 Å². The summed E-state index contributed by atoms with van der Waals surface area (Å²) in [5.74, 6) is 0.678. The molecule has 172 valence electrons. The maximum atomic E-state index is 13.4. The van der Waals surface area contributed by atoms with Gasteiger partial charge in [0.2, 0.25) is 11.9 Å². The van der Waals surface area contributed by atoms with Crippen LogP contribution in [0.5, 0.6) is 0 Å². The lowest BCUT2D eigenvalue weighted by Crippen LogP contribution is -2.29. The predicted octanol–water partition coefficient (Wildman–Crippen LogP) is 5.41. The second kappa shape index (κ2) is 8.51. The normalized spacial score (nSPS) is 12.7. The number of halogens is 3. The Morgan fingerprint density at radius 2 is 1.65 bits per heavy atom. The summed E-state index contributed by atoms with van der Waals surface area (Å²) in [5.41, 5.74) is -1.63. The highest BCUT2D eigenvalue weighted by Gasteiger charge is 2.33. The van der Waals surface area contributed by atoms with Gasteiger partial charge in [-0.15, -0.1) is 5.10 Å². The fourth-order valence-electron chi connectivity index (χ4n) is 2.80. The molecule has 0 aliphatic rings. The Morgan fingerprint density at radius 3 is 2.10 bits per heavy atom. The first kappa shape index (κ1) is 24.7. The van der Waals surface area contributed by atoms with E-state index in [-0.39, 0.29) is 11.1 Å². The van der Waals surface area contributed by atoms with Crippen LogP contribution in [0.1, 0.15) is 66.8 Å². The molecule has 6 nitrogen and oxygen atoms in total. The number of benzene rings is 1. The minimum absolute atomic E-state index is 0.0357. The van der Waals surface area contributed by atoms with Crippen LogP contribution in [-0.2, 0) is 16.4 Å². The Balaban J connectivity index is 2.76. The Labute approximate surface area is 181 Å². The van der Waals surface area contributed by atoms with E-state index in [9.17, 15) is 18.0 Å². The molecule has 0 spiro atoms. The monoisotopic (exact) mass is 439 g/mol. The molecular formula is C22H32F3N5O. The van der Waals surface area contributed by atoms with Gasteiger partial charge in [0.05, 0.1) is 16.9 Å². The van der Waals surface area contributed by atoms with Gasteiger partial charge in [-0.1, -0.05) is 41.5 Å². The standard InChI is InChI=1S/C22H32F3N5O/c1-9-29(10-2)19-27-17(20(3,4)5)28-30(19)16-12-11-14(22(23,24)25)13-15(16)26-18(31)21(6,7)8/h11-13H,9-10H2,1-8H3,(H,26,31). The SMILES string of the molecule is CCN(CC)c1nc(C(C)(C)C)nn1-c1ccc(C(F)(F)F)cc1NC(=O)C(C)(C)C. The van der Waals surface area contributed by atoms with Crippen molar-refractivity contribution in [2.45, 2.75) is 67.0 Å². The molecule has 0 saturated carbocycles. The first-order chi connectivity index (χ1) is 14.1. The number of carbonyl (C=O) groups excluding carboxylic acids is 1. The Hall–Kier alpha value is -2.58. The quantitative estimate of drug-likeness (QED) is 0.676. The van der Waals surface area contributed by atoms with Crippen LogP contribution in [0.2, 0.25) is 0 Å². The van der Waals surface area contributed by atoms with Crippen LogP contribution in [0.15, 0.2) is 18.2 Å². The van der Waals surface area contributed by atoms with Gasteiger partial charge >= 0.3 is 6.18 Å². The zero-order chi connectivity index (χ0) is 23.8. The molecule has 2 aromatic rings. The van der Waals surface area contributed by atoms with Crippen molar-refractivity contribution in [2.24, 2.45) is 5.41 Å². The van der Waals surface area contributed by atoms with Crippen LogP contribution in [0.4, 0.5) is 24.8 Å². The molecule has 0 fully saturated rings. The van der Waals surface area contributed by atoms with E-state index in [1.807, 2.05) is 39.5 Å². The van der Waals surface area contributed by atoms with Crippen molar-refractivity contribution >= 4 is 17.5 Å². The van der Waals surface area contributed by atoms with E-state index in [2.05, 4.69) is 15.4 Å². The number of aromatic nitrogens is 3. The first-order valence-electron chi connectivity index (χ1n) is 10.3. The maximum absolute atomic E-state index is 13.4. The number of nitrogens with zero attached hydrogens (tertiary/aromatic N) is 4. The minimum atomic E-state index is -4.54. The van der Waals surface area contributed by atoms with Gasteiger partial charge in [-0.05, 0) is 32.0 Å². The predicted molar refractivity (Wildman–Crippen MR) is 117 cm³/mol. The van der Waals surface area contributed by atoms with Crippen LogP contribution in [-0.4, -0.2) is 33.8 Å². The minimum Gasteiger partial charge on any atom is -0.341 e. The molecular weight excluding hydrogens is 407 g/mol. The lowest BCUT2D eigenvalue weighted by atomic mass is 9.95. The number of nitrogens with one attached hydrogen (secondary N) is 1. The molecule has 0 aliphatic carbocycles. The van der Waals surface area contributed by atoms with E-state index in [1.54, 1.807) is 20.8 Å². The highest BCUT2D eigenvalue weighted by atomic mass is 19.4. The van der Waals surface area contributed by atoms with Gasteiger partial charge in [-0.25, -0.2) is 0 Å². The second-order valence-corrected chi connectivity index (χ2v) is 9.50. The fraction of sp³-hybridized carbons (Fsp3) is 0.591. The molecule has 1 amide bonds. The highest BCUT2D eigenvalue weighted by Crippen LogP contribution is 2.35. The number of carbonyl (C=O) groups is 1.